The van der Waals surface area contributed by atoms with Crippen molar-refractivity contribution in [1.82, 2.24) is 0 Å². The molecule has 1 spiro atoms. The summed E-state index contributed by atoms with van der Waals surface area (Å²) in [5.41, 5.74) is 17.2. The Labute approximate surface area is 343 Å². The smallest absolute Gasteiger partial charge is 0.0711 e. The molecule has 7 aromatic rings. The van der Waals surface area contributed by atoms with Crippen LogP contribution in [0.5, 0.6) is 0 Å². The Bertz CT molecular complexity index is 2830. The Morgan fingerprint density at radius 3 is 2.02 bits per heavy atom. The maximum absolute atomic E-state index is 5.07. The Morgan fingerprint density at radius 2 is 1.24 bits per heavy atom. The van der Waals surface area contributed by atoms with Gasteiger partial charge in [0.15, 0.2) is 0 Å². The molecule has 0 saturated heterocycles. The normalized spacial score (nSPS) is 20.7. The predicted octanol–water partition coefficient (Wildman–Crippen LogP) is 14.6. The molecule has 0 aliphatic heterocycles. The zero-order valence-electron chi connectivity index (χ0n) is 33.3. The summed E-state index contributed by atoms with van der Waals surface area (Å²) in [5, 5.41) is 2.52. The molecule has 2 atom stereocenters. The van der Waals surface area contributed by atoms with Gasteiger partial charge in [-0.2, -0.15) is 0 Å². The van der Waals surface area contributed by atoms with E-state index in [2.05, 4.69) is 207 Å². The molecule has 58 heavy (non-hydrogen) atoms. The molecule has 2 unspecified atom stereocenters. The minimum Gasteiger partial charge on any atom is -0.310 e. The molecule has 7 aromatic carbocycles. The van der Waals surface area contributed by atoms with Crippen LogP contribution in [-0.4, -0.2) is 0 Å². The number of fused-ring (bicyclic) bond motifs is 11. The van der Waals surface area contributed by atoms with E-state index in [-0.39, 0.29) is 5.41 Å². The molecule has 0 bridgehead atoms. The molecule has 0 aromatic heterocycles. The minimum absolute atomic E-state index is 0.0710. The van der Waals surface area contributed by atoms with Gasteiger partial charge in [0.2, 0.25) is 0 Å². The van der Waals surface area contributed by atoms with Crippen molar-refractivity contribution in [3.05, 3.63) is 239 Å². The fourth-order valence-corrected chi connectivity index (χ4v) is 11.2. The highest BCUT2D eigenvalue weighted by Gasteiger charge is 2.48. The summed E-state index contributed by atoms with van der Waals surface area (Å²) in [7, 11) is 0. The third-order valence-electron chi connectivity index (χ3n) is 14.0. The SMILES string of the molecule is C=C1/C=C(N(c2ccc(-c3ccc4ccccc4c3)cc2)c2ccc3c(c2)C(C)(C)C2CCC=CC32)\C=C/Cc2ccccc2C12c1ccccc1-c1ccccc12. The van der Waals surface area contributed by atoms with Crippen molar-refractivity contribution in [2.45, 2.75) is 49.9 Å². The quantitative estimate of drug-likeness (QED) is 0.162. The predicted molar refractivity (Wildman–Crippen MR) is 244 cm³/mol. The maximum Gasteiger partial charge on any atom is 0.0711 e. The van der Waals surface area contributed by atoms with Gasteiger partial charge in [0, 0.05) is 23.0 Å². The third kappa shape index (κ3) is 5.16. The van der Waals surface area contributed by atoms with Gasteiger partial charge in [0.25, 0.3) is 0 Å². The molecule has 0 saturated carbocycles. The van der Waals surface area contributed by atoms with Gasteiger partial charge in [0.05, 0.1) is 5.41 Å². The van der Waals surface area contributed by atoms with E-state index >= 15 is 0 Å². The zero-order valence-corrected chi connectivity index (χ0v) is 33.3. The van der Waals surface area contributed by atoms with Gasteiger partial charge in [-0.25, -0.2) is 0 Å². The van der Waals surface area contributed by atoms with Crippen LogP contribution in [0, 0.1) is 5.92 Å². The number of hydrogen-bond donors (Lipinski definition) is 0. The number of allylic oxidation sites excluding steroid dienone is 6. The number of benzene rings is 7. The molecule has 11 rings (SSSR count). The summed E-state index contributed by atoms with van der Waals surface area (Å²) in [4.78, 5) is 2.48. The number of anilines is 2. The lowest BCUT2D eigenvalue weighted by Gasteiger charge is -2.36. The van der Waals surface area contributed by atoms with Crippen LogP contribution in [0.3, 0.4) is 0 Å². The van der Waals surface area contributed by atoms with Crippen molar-refractivity contribution >= 4 is 22.1 Å². The summed E-state index contributed by atoms with van der Waals surface area (Å²) < 4.78 is 0. The molecule has 0 N–H and O–H groups in total. The Hall–Kier alpha value is -6.44. The van der Waals surface area contributed by atoms with Gasteiger partial charge < -0.3 is 4.90 Å². The highest BCUT2D eigenvalue weighted by Crippen LogP contribution is 2.58. The maximum atomic E-state index is 5.07. The molecule has 0 radical (unpaired) electrons. The van der Waals surface area contributed by atoms with Crippen molar-refractivity contribution in [1.29, 1.82) is 0 Å². The molecule has 1 heteroatoms. The lowest BCUT2D eigenvalue weighted by Crippen LogP contribution is -2.30. The van der Waals surface area contributed by atoms with E-state index in [1.54, 1.807) is 0 Å². The summed E-state index contributed by atoms with van der Waals surface area (Å²) in [6, 6.07) is 58.9. The second kappa shape index (κ2) is 13.3. The topological polar surface area (TPSA) is 3.24 Å². The van der Waals surface area contributed by atoms with Crippen LogP contribution in [0.4, 0.5) is 11.4 Å². The van der Waals surface area contributed by atoms with Gasteiger partial charge >= 0.3 is 0 Å². The van der Waals surface area contributed by atoms with Crippen LogP contribution in [-0.2, 0) is 17.3 Å². The van der Waals surface area contributed by atoms with Crippen LogP contribution in [0.1, 0.15) is 66.0 Å². The van der Waals surface area contributed by atoms with E-state index < -0.39 is 5.41 Å². The Balaban J connectivity index is 1.11. The molecule has 0 amide bonds. The van der Waals surface area contributed by atoms with Crippen molar-refractivity contribution in [3.63, 3.8) is 0 Å². The molecule has 4 aliphatic rings. The standard InChI is InChI=1S/C57H47N/c1-38-35-45(19-14-18-41-16-6-10-23-51(41)57(38)53-25-12-8-21-48(53)49-22-9-13-26-54(49)57)58(46-33-34-50-47-20-7-11-24-52(47)56(2,3)55(50)37-46)44-31-29-40(30-32-44)43-28-27-39-15-4-5-17-42(39)36-43/h4-10,12-17,19-23,25-37,47,52H,1,11,18,24H2,2-3H3/b19-14-,45-35+. The van der Waals surface area contributed by atoms with Crippen LogP contribution in [0.15, 0.2) is 206 Å². The number of rotatable bonds is 4. The van der Waals surface area contributed by atoms with Crippen LogP contribution >= 0.6 is 0 Å². The highest BCUT2D eigenvalue weighted by atomic mass is 15.1. The third-order valence-corrected chi connectivity index (χ3v) is 14.0. The summed E-state index contributed by atoms with van der Waals surface area (Å²) in [6.07, 6.45) is 15.2. The fraction of sp³-hybridized carbons (Fsp3) is 0.158. The fourth-order valence-electron chi connectivity index (χ4n) is 11.2. The molecular weight excluding hydrogens is 699 g/mol. The average molecular weight is 746 g/mol. The summed E-state index contributed by atoms with van der Waals surface area (Å²) in [5.74, 6) is 1.09. The van der Waals surface area contributed by atoms with E-state index in [1.165, 1.54) is 78.5 Å². The first-order valence-electron chi connectivity index (χ1n) is 21.0. The molecule has 1 nitrogen and oxygen atoms in total. The van der Waals surface area contributed by atoms with E-state index in [4.69, 9.17) is 6.58 Å². The summed E-state index contributed by atoms with van der Waals surface area (Å²) >= 11 is 0. The van der Waals surface area contributed by atoms with E-state index in [0.717, 1.165) is 29.8 Å². The van der Waals surface area contributed by atoms with Gasteiger partial charge in [-0.15, -0.1) is 0 Å². The van der Waals surface area contributed by atoms with Gasteiger partial charge in [-0.05, 0) is 145 Å². The van der Waals surface area contributed by atoms with E-state index in [0.29, 0.717) is 11.8 Å². The second-order valence-electron chi connectivity index (χ2n) is 17.3. The highest BCUT2D eigenvalue weighted by molar-refractivity contribution is 5.89. The molecule has 0 heterocycles. The zero-order chi connectivity index (χ0) is 39.0. The minimum atomic E-state index is -0.547. The van der Waals surface area contributed by atoms with E-state index in [9.17, 15) is 0 Å². The molecular formula is C57H47N. The number of hydrogen-bond acceptors (Lipinski definition) is 1. The van der Waals surface area contributed by atoms with Crippen LogP contribution in [0.25, 0.3) is 33.0 Å². The van der Waals surface area contributed by atoms with Gasteiger partial charge in [-0.3, -0.25) is 0 Å². The first-order chi connectivity index (χ1) is 28.4. The van der Waals surface area contributed by atoms with Crippen molar-refractivity contribution < 1.29 is 0 Å². The average Bonchev–Trinajstić information content (AvgIpc) is 3.71. The largest absolute Gasteiger partial charge is 0.310 e. The molecule has 0 fully saturated rings. The van der Waals surface area contributed by atoms with Crippen molar-refractivity contribution in [2.24, 2.45) is 5.92 Å². The monoisotopic (exact) mass is 745 g/mol. The first kappa shape index (κ1) is 34.8. The molecule has 280 valence electrons. The molecule has 4 aliphatic carbocycles. The summed E-state index contributed by atoms with van der Waals surface area (Å²) in [6.45, 7) is 10.0. The Kier molecular flexibility index (Phi) is 7.99. The number of nitrogens with zero attached hydrogens (tertiary/aromatic N) is 1. The van der Waals surface area contributed by atoms with Crippen LogP contribution in [0.2, 0.25) is 0 Å². The van der Waals surface area contributed by atoms with Crippen molar-refractivity contribution in [2.75, 3.05) is 4.90 Å². The van der Waals surface area contributed by atoms with E-state index in [1.807, 2.05) is 0 Å². The second-order valence-corrected chi connectivity index (χ2v) is 17.3. The lowest BCUT2D eigenvalue weighted by atomic mass is 9.66. The van der Waals surface area contributed by atoms with Crippen LogP contribution < -0.4 is 4.90 Å². The first-order valence-corrected chi connectivity index (χ1v) is 21.0. The van der Waals surface area contributed by atoms with Gasteiger partial charge in [-0.1, -0.05) is 166 Å². The van der Waals surface area contributed by atoms with Gasteiger partial charge in [0.1, 0.15) is 0 Å². The Morgan fingerprint density at radius 1 is 0.586 bits per heavy atom. The van der Waals surface area contributed by atoms with Crippen molar-refractivity contribution in [3.8, 4) is 22.3 Å². The lowest BCUT2D eigenvalue weighted by molar-refractivity contribution is 0.301.